The Morgan fingerprint density at radius 2 is 1.96 bits per heavy atom. The van der Waals surface area contributed by atoms with Gasteiger partial charge in [0.05, 0.1) is 6.42 Å². The van der Waals surface area contributed by atoms with Gasteiger partial charge in [0.15, 0.2) is 5.78 Å². The molecule has 0 spiro atoms. The number of aromatic nitrogens is 1. The number of amides is 3. The minimum absolute atomic E-state index is 0.0582. The van der Waals surface area contributed by atoms with Crippen LogP contribution in [0, 0.1) is 12.3 Å². The molecule has 3 amide bonds. The van der Waals surface area contributed by atoms with E-state index in [4.69, 9.17) is 0 Å². The number of Topliss-reactive ketones (excluding diaryl/α,β-unsaturated/α-hetero) is 1. The molecule has 0 atom stereocenters. The molecule has 1 aromatic heterocycles. The van der Waals surface area contributed by atoms with Crippen molar-refractivity contribution in [3.05, 3.63) is 22.5 Å². The molecule has 28 heavy (non-hydrogen) atoms. The normalized spacial score (nSPS) is 18.4. The molecule has 0 aromatic carbocycles. The van der Waals surface area contributed by atoms with Crippen molar-refractivity contribution in [3.8, 4) is 0 Å². The highest BCUT2D eigenvalue weighted by Crippen LogP contribution is 2.40. The molecule has 0 radical (unpaired) electrons. The van der Waals surface area contributed by atoms with Gasteiger partial charge in [0.2, 0.25) is 5.91 Å². The van der Waals surface area contributed by atoms with Crippen LogP contribution in [0.15, 0.2) is 0 Å². The van der Waals surface area contributed by atoms with E-state index in [1.165, 1.54) is 0 Å². The molecule has 2 aliphatic rings. The molecule has 1 aliphatic carbocycles. The summed E-state index contributed by atoms with van der Waals surface area (Å²) >= 11 is 0. The Morgan fingerprint density at radius 1 is 1.25 bits per heavy atom. The number of rotatable bonds is 6. The highest BCUT2D eigenvalue weighted by molar-refractivity contribution is 6.01. The van der Waals surface area contributed by atoms with Crippen LogP contribution < -0.4 is 10.6 Å². The van der Waals surface area contributed by atoms with Crippen molar-refractivity contribution >= 4 is 17.7 Å². The van der Waals surface area contributed by atoms with Crippen molar-refractivity contribution in [2.24, 2.45) is 5.41 Å². The average molecular weight is 389 g/mol. The van der Waals surface area contributed by atoms with E-state index < -0.39 is 0 Å². The van der Waals surface area contributed by atoms with Crippen LogP contribution in [0.25, 0.3) is 0 Å². The second kappa shape index (κ2) is 7.60. The number of nitrogens with one attached hydrogen (secondary N) is 2. The first-order valence-electron chi connectivity index (χ1n) is 10.2. The van der Waals surface area contributed by atoms with Crippen molar-refractivity contribution in [2.75, 3.05) is 26.2 Å². The Labute approximate surface area is 166 Å². The maximum atomic E-state index is 12.9. The number of fused-ring (bicyclic) bond motifs is 1. The van der Waals surface area contributed by atoms with Crippen molar-refractivity contribution < 1.29 is 14.4 Å². The molecule has 7 heteroatoms. The van der Waals surface area contributed by atoms with Crippen LogP contribution in [-0.2, 0) is 17.6 Å². The van der Waals surface area contributed by atoms with Gasteiger partial charge in [0, 0.05) is 55.6 Å². The smallest absolute Gasteiger partial charge is 0.317 e. The average Bonchev–Trinajstić information content (AvgIpc) is 3.08. The van der Waals surface area contributed by atoms with Gasteiger partial charge >= 0.3 is 6.03 Å². The van der Waals surface area contributed by atoms with Crippen LogP contribution in [0.3, 0.4) is 0 Å². The molecule has 7 nitrogen and oxygen atoms in total. The molecule has 1 fully saturated rings. The van der Waals surface area contributed by atoms with E-state index in [-0.39, 0.29) is 35.6 Å². The highest BCUT2D eigenvalue weighted by Gasteiger charge is 2.37. The van der Waals surface area contributed by atoms with Crippen molar-refractivity contribution in [3.63, 3.8) is 0 Å². The third-order valence-electron chi connectivity index (χ3n) is 5.75. The summed E-state index contributed by atoms with van der Waals surface area (Å²) in [7, 11) is 0. The summed E-state index contributed by atoms with van der Waals surface area (Å²) in [5, 5.41) is 5.65. The van der Waals surface area contributed by atoms with Crippen molar-refractivity contribution in [2.45, 2.75) is 59.9 Å². The molecular weight excluding hydrogens is 356 g/mol. The van der Waals surface area contributed by atoms with Gasteiger partial charge < -0.3 is 20.1 Å². The number of hydrogen-bond acceptors (Lipinski definition) is 3. The Hall–Kier alpha value is -2.31. The number of hydrogen-bond donors (Lipinski definition) is 2. The summed E-state index contributed by atoms with van der Waals surface area (Å²) in [5.41, 5.74) is 3.66. The van der Waals surface area contributed by atoms with E-state index >= 15 is 0 Å². The fourth-order valence-corrected chi connectivity index (χ4v) is 4.56. The lowest BCUT2D eigenvalue weighted by Crippen LogP contribution is -2.37. The van der Waals surface area contributed by atoms with E-state index in [1.807, 2.05) is 6.92 Å². The molecule has 154 valence electrons. The number of nitrogens with zero attached hydrogens (tertiary/aromatic N) is 2. The number of urea groups is 1. The molecule has 0 saturated carbocycles. The number of carbonyl (C=O) groups excluding carboxylic acids is 3. The molecule has 1 aliphatic heterocycles. The molecule has 1 saturated heterocycles. The summed E-state index contributed by atoms with van der Waals surface area (Å²) in [5.74, 6) is 0.0364. The summed E-state index contributed by atoms with van der Waals surface area (Å²) < 4.78 is 2.23. The van der Waals surface area contributed by atoms with Crippen LogP contribution in [-0.4, -0.2) is 53.4 Å². The van der Waals surface area contributed by atoms with Crippen LogP contribution in [0.2, 0.25) is 0 Å². The lowest BCUT2D eigenvalue weighted by atomic mass is 9.75. The van der Waals surface area contributed by atoms with Crippen LogP contribution in [0.5, 0.6) is 0 Å². The largest absolute Gasteiger partial charge is 0.354 e. The predicted octanol–water partition coefficient (Wildman–Crippen LogP) is 2.22. The zero-order valence-electron chi connectivity index (χ0n) is 17.6. The highest BCUT2D eigenvalue weighted by atomic mass is 16.2. The van der Waals surface area contributed by atoms with Gasteiger partial charge in [-0.1, -0.05) is 13.8 Å². The van der Waals surface area contributed by atoms with Gasteiger partial charge in [-0.2, -0.15) is 0 Å². The predicted molar refractivity (Wildman–Crippen MR) is 108 cm³/mol. The molecule has 1 aromatic rings. The zero-order chi connectivity index (χ0) is 20.6. The van der Waals surface area contributed by atoms with Gasteiger partial charge in [0.25, 0.3) is 0 Å². The first kappa shape index (κ1) is 20.4. The van der Waals surface area contributed by atoms with E-state index in [2.05, 4.69) is 42.9 Å². The second-order valence-electron chi connectivity index (χ2n) is 9.04. The third-order valence-corrected chi connectivity index (χ3v) is 5.75. The first-order valence-corrected chi connectivity index (χ1v) is 10.2. The summed E-state index contributed by atoms with van der Waals surface area (Å²) in [4.78, 5) is 38.7. The van der Waals surface area contributed by atoms with Crippen LogP contribution in [0.4, 0.5) is 4.79 Å². The summed E-state index contributed by atoms with van der Waals surface area (Å²) in [6.45, 7) is 12.7. The fourth-order valence-electron chi connectivity index (χ4n) is 4.56. The van der Waals surface area contributed by atoms with Crippen LogP contribution in [0.1, 0.15) is 67.5 Å². The van der Waals surface area contributed by atoms with Crippen LogP contribution >= 0.6 is 0 Å². The molecule has 2 N–H and O–H groups in total. The molecule has 0 unspecified atom stereocenters. The Bertz CT molecular complexity index is 807. The third kappa shape index (κ3) is 3.93. The van der Waals surface area contributed by atoms with Gasteiger partial charge in [-0.3, -0.25) is 9.59 Å². The molecule has 0 bridgehead atoms. The molecule has 2 heterocycles. The maximum absolute atomic E-state index is 12.9. The van der Waals surface area contributed by atoms with Crippen molar-refractivity contribution in [1.82, 2.24) is 20.1 Å². The Kier molecular flexibility index (Phi) is 5.55. The number of ketones is 1. The fraction of sp³-hybridized carbons (Fsp3) is 0.667. The Balaban J connectivity index is 1.75. The minimum atomic E-state index is -0.107. The lowest BCUT2D eigenvalue weighted by Gasteiger charge is -2.31. The lowest BCUT2D eigenvalue weighted by molar-refractivity contribution is -0.120. The van der Waals surface area contributed by atoms with E-state index in [0.29, 0.717) is 32.6 Å². The quantitative estimate of drug-likeness (QED) is 0.784. The maximum Gasteiger partial charge on any atom is 0.317 e. The van der Waals surface area contributed by atoms with Crippen molar-refractivity contribution in [1.29, 1.82) is 0 Å². The van der Waals surface area contributed by atoms with E-state index in [9.17, 15) is 14.4 Å². The zero-order valence-corrected chi connectivity index (χ0v) is 17.6. The van der Waals surface area contributed by atoms with Gasteiger partial charge in [0.1, 0.15) is 0 Å². The Morgan fingerprint density at radius 3 is 2.57 bits per heavy atom. The summed E-state index contributed by atoms with van der Waals surface area (Å²) in [6.07, 6.45) is 1.56. The summed E-state index contributed by atoms with van der Waals surface area (Å²) in [6, 6.07) is 0.155. The topological polar surface area (TPSA) is 83.4 Å². The van der Waals surface area contributed by atoms with Gasteiger partial charge in [-0.05, 0) is 38.2 Å². The second-order valence-corrected chi connectivity index (χ2v) is 9.04. The van der Waals surface area contributed by atoms with E-state index in [1.54, 1.807) is 4.90 Å². The monoisotopic (exact) mass is 388 g/mol. The van der Waals surface area contributed by atoms with Gasteiger partial charge in [-0.25, -0.2) is 4.79 Å². The van der Waals surface area contributed by atoms with Gasteiger partial charge in [-0.15, -0.1) is 0 Å². The first-order chi connectivity index (χ1) is 13.1. The minimum Gasteiger partial charge on any atom is -0.354 e. The SMILES string of the molecule is Cc1c(CC(=O)NCCN2CCNC2=O)c2c(n1C(C)C)CC(C)(C)CC2=O. The molecule has 3 rings (SSSR count). The van der Waals surface area contributed by atoms with E-state index in [0.717, 1.165) is 28.9 Å². The standard InChI is InChI=1S/C21H32N4O3/c1-13(2)25-14(3)15(19-16(25)11-21(4,5)12-17(19)26)10-18(27)22-6-8-24-9-7-23-20(24)28/h13H,6-12H2,1-5H3,(H,22,27)(H,23,28). The molecular formula is C21H32N4O3. The number of carbonyl (C=O) groups is 3.